The minimum Gasteiger partial charge on any atom is -0.383 e. The molecule has 110 valence electrons. The Balaban J connectivity index is 2.28. The number of anilines is 1. The van der Waals surface area contributed by atoms with Crippen LogP contribution in [0, 0.1) is 0 Å². The van der Waals surface area contributed by atoms with Crippen molar-refractivity contribution in [2.24, 2.45) is 0 Å². The highest BCUT2D eigenvalue weighted by atomic mass is 35.5. The first kappa shape index (κ1) is 15.1. The van der Waals surface area contributed by atoms with Crippen LogP contribution in [0.2, 0.25) is 0 Å². The summed E-state index contributed by atoms with van der Waals surface area (Å²) in [6.07, 6.45) is 4.43. The molecule has 2 aromatic heterocycles. The summed E-state index contributed by atoms with van der Waals surface area (Å²) in [4.78, 5) is 4.41. The molecule has 0 amide bonds. The first-order valence-electron chi connectivity index (χ1n) is 6.81. The number of methoxy groups -OCH3 is 1. The van der Waals surface area contributed by atoms with Crippen LogP contribution < -0.4 is 5.32 Å². The van der Waals surface area contributed by atoms with Gasteiger partial charge in [-0.1, -0.05) is 13.8 Å². The topological polar surface area (TPSA) is 51.5 Å². The first-order chi connectivity index (χ1) is 9.65. The molecule has 2 aromatic rings. The number of hydrogen-bond donors (Lipinski definition) is 1. The van der Waals surface area contributed by atoms with Gasteiger partial charge in [-0.15, -0.1) is 11.6 Å². The SMILES string of the molecule is COCC(CCCl)Nc1nccn2nc(C(C)C)cc12. The van der Waals surface area contributed by atoms with Gasteiger partial charge in [0, 0.05) is 25.4 Å². The smallest absolute Gasteiger partial charge is 0.152 e. The minimum absolute atomic E-state index is 0.147. The zero-order chi connectivity index (χ0) is 14.5. The van der Waals surface area contributed by atoms with Gasteiger partial charge in [0.2, 0.25) is 0 Å². The van der Waals surface area contributed by atoms with E-state index in [9.17, 15) is 0 Å². The third-order valence-electron chi connectivity index (χ3n) is 3.17. The van der Waals surface area contributed by atoms with Crippen LogP contribution >= 0.6 is 11.6 Å². The van der Waals surface area contributed by atoms with Crippen molar-refractivity contribution in [3.05, 3.63) is 24.2 Å². The molecule has 0 saturated carbocycles. The summed E-state index contributed by atoms with van der Waals surface area (Å²) < 4.78 is 7.07. The Bertz CT molecular complexity index is 549. The molecule has 1 N–H and O–H groups in total. The van der Waals surface area contributed by atoms with Gasteiger partial charge < -0.3 is 10.1 Å². The quantitative estimate of drug-likeness (QED) is 0.798. The lowest BCUT2D eigenvalue weighted by molar-refractivity contribution is 0.184. The zero-order valence-corrected chi connectivity index (χ0v) is 12.9. The van der Waals surface area contributed by atoms with Crippen LogP contribution in [0.25, 0.3) is 5.52 Å². The first-order valence-corrected chi connectivity index (χ1v) is 7.35. The van der Waals surface area contributed by atoms with Crippen molar-refractivity contribution in [1.29, 1.82) is 0 Å². The Labute approximate surface area is 124 Å². The van der Waals surface area contributed by atoms with Gasteiger partial charge in [0.15, 0.2) is 5.82 Å². The minimum atomic E-state index is 0.147. The molecule has 0 spiro atoms. The molecule has 1 unspecified atom stereocenters. The number of alkyl halides is 1. The second-order valence-electron chi connectivity index (χ2n) is 5.10. The fraction of sp³-hybridized carbons (Fsp3) is 0.571. The highest BCUT2D eigenvalue weighted by Gasteiger charge is 2.13. The van der Waals surface area contributed by atoms with E-state index in [4.69, 9.17) is 16.3 Å². The number of fused-ring (bicyclic) bond motifs is 1. The van der Waals surface area contributed by atoms with Crippen LogP contribution in [0.4, 0.5) is 5.82 Å². The summed E-state index contributed by atoms with van der Waals surface area (Å²) in [5.74, 6) is 1.79. The molecule has 0 saturated heterocycles. The average molecular weight is 297 g/mol. The van der Waals surface area contributed by atoms with Crippen molar-refractivity contribution >= 4 is 22.9 Å². The summed E-state index contributed by atoms with van der Waals surface area (Å²) >= 11 is 5.83. The van der Waals surface area contributed by atoms with Crippen molar-refractivity contribution in [1.82, 2.24) is 14.6 Å². The molecular weight excluding hydrogens is 276 g/mol. The van der Waals surface area contributed by atoms with E-state index in [0.717, 1.165) is 23.4 Å². The van der Waals surface area contributed by atoms with E-state index >= 15 is 0 Å². The predicted molar refractivity (Wildman–Crippen MR) is 81.7 cm³/mol. The van der Waals surface area contributed by atoms with Crippen molar-refractivity contribution in [3.8, 4) is 0 Å². The van der Waals surface area contributed by atoms with Gasteiger partial charge in [-0.3, -0.25) is 0 Å². The third kappa shape index (κ3) is 3.41. The Morgan fingerprint density at radius 2 is 2.25 bits per heavy atom. The van der Waals surface area contributed by atoms with Crippen LogP contribution in [0.15, 0.2) is 18.5 Å². The Morgan fingerprint density at radius 1 is 1.45 bits per heavy atom. The van der Waals surface area contributed by atoms with Crippen molar-refractivity contribution in [3.63, 3.8) is 0 Å². The molecule has 0 aromatic carbocycles. The standard InChI is InChI=1S/C14H21ClN4O/c1-10(2)12-8-13-14(16-6-7-19(13)18-12)17-11(4-5-15)9-20-3/h6-8,10-11H,4-5,9H2,1-3H3,(H,16,17). The monoisotopic (exact) mass is 296 g/mol. The van der Waals surface area contributed by atoms with Gasteiger partial charge in [0.1, 0.15) is 5.52 Å². The number of nitrogens with zero attached hydrogens (tertiary/aromatic N) is 3. The highest BCUT2D eigenvalue weighted by molar-refractivity contribution is 6.17. The molecule has 6 heteroatoms. The number of aromatic nitrogens is 3. The van der Waals surface area contributed by atoms with E-state index in [1.165, 1.54) is 0 Å². The Kier molecular flexibility index (Phi) is 5.20. The van der Waals surface area contributed by atoms with E-state index in [2.05, 4.69) is 35.3 Å². The summed E-state index contributed by atoms with van der Waals surface area (Å²) in [6, 6.07) is 2.22. The molecule has 0 radical (unpaired) electrons. The summed E-state index contributed by atoms with van der Waals surface area (Å²) in [7, 11) is 1.69. The number of ether oxygens (including phenoxy) is 1. The van der Waals surface area contributed by atoms with Gasteiger partial charge in [-0.2, -0.15) is 5.10 Å². The zero-order valence-electron chi connectivity index (χ0n) is 12.1. The lowest BCUT2D eigenvalue weighted by atomic mass is 10.1. The lowest BCUT2D eigenvalue weighted by Gasteiger charge is -2.17. The maximum atomic E-state index is 5.83. The van der Waals surface area contributed by atoms with Crippen molar-refractivity contribution in [2.45, 2.75) is 32.2 Å². The van der Waals surface area contributed by atoms with Gasteiger partial charge in [-0.05, 0) is 18.4 Å². The van der Waals surface area contributed by atoms with Gasteiger partial charge in [0.25, 0.3) is 0 Å². The third-order valence-corrected chi connectivity index (χ3v) is 3.38. The molecule has 0 aliphatic rings. The second-order valence-corrected chi connectivity index (χ2v) is 5.48. The molecule has 0 aliphatic heterocycles. The number of halogens is 1. The van der Waals surface area contributed by atoms with Gasteiger partial charge in [-0.25, -0.2) is 9.50 Å². The molecule has 5 nitrogen and oxygen atoms in total. The van der Waals surface area contributed by atoms with Crippen molar-refractivity contribution in [2.75, 3.05) is 24.9 Å². The summed E-state index contributed by atoms with van der Waals surface area (Å²) in [5, 5.41) is 7.95. The van der Waals surface area contributed by atoms with Gasteiger partial charge in [0.05, 0.1) is 18.3 Å². The number of hydrogen-bond acceptors (Lipinski definition) is 4. The molecule has 2 heterocycles. The van der Waals surface area contributed by atoms with Crippen LogP contribution in [-0.2, 0) is 4.74 Å². The molecule has 2 rings (SSSR count). The normalized spacial score (nSPS) is 13.1. The fourth-order valence-electron chi connectivity index (χ4n) is 2.06. The van der Waals surface area contributed by atoms with E-state index in [1.54, 1.807) is 13.3 Å². The van der Waals surface area contributed by atoms with Crippen LogP contribution in [0.5, 0.6) is 0 Å². The lowest BCUT2D eigenvalue weighted by Crippen LogP contribution is -2.26. The largest absolute Gasteiger partial charge is 0.383 e. The molecular formula is C14H21ClN4O. The Hall–Kier alpha value is -1.33. The van der Waals surface area contributed by atoms with E-state index in [-0.39, 0.29) is 6.04 Å². The molecule has 0 bridgehead atoms. The molecule has 20 heavy (non-hydrogen) atoms. The predicted octanol–water partition coefficient (Wildman–Crippen LogP) is 2.91. The van der Waals surface area contributed by atoms with Gasteiger partial charge >= 0.3 is 0 Å². The fourth-order valence-corrected chi connectivity index (χ4v) is 2.32. The number of nitrogens with one attached hydrogen (secondary N) is 1. The van der Waals surface area contributed by atoms with Crippen LogP contribution in [0.1, 0.15) is 31.9 Å². The highest BCUT2D eigenvalue weighted by Crippen LogP contribution is 2.20. The molecule has 1 atom stereocenters. The summed E-state index contributed by atoms with van der Waals surface area (Å²) in [6.45, 7) is 4.85. The van der Waals surface area contributed by atoms with E-state index in [1.807, 2.05) is 10.7 Å². The van der Waals surface area contributed by atoms with Crippen LogP contribution in [0.3, 0.4) is 0 Å². The second kappa shape index (κ2) is 6.90. The van der Waals surface area contributed by atoms with E-state index in [0.29, 0.717) is 18.4 Å². The molecule has 0 fully saturated rings. The number of rotatable bonds is 7. The maximum absolute atomic E-state index is 5.83. The summed E-state index contributed by atoms with van der Waals surface area (Å²) in [5.41, 5.74) is 2.04. The Morgan fingerprint density at radius 3 is 2.90 bits per heavy atom. The maximum Gasteiger partial charge on any atom is 0.152 e. The molecule has 0 aliphatic carbocycles. The van der Waals surface area contributed by atoms with Crippen LogP contribution in [-0.4, -0.2) is 40.2 Å². The average Bonchev–Trinajstić information content (AvgIpc) is 2.84. The van der Waals surface area contributed by atoms with E-state index < -0.39 is 0 Å². The van der Waals surface area contributed by atoms with Crippen molar-refractivity contribution < 1.29 is 4.74 Å².